The van der Waals surface area contributed by atoms with Gasteiger partial charge >= 0.3 is 0 Å². The van der Waals surface area contributed by atoms with Gasteiger partial charge < -0.3 is 5.73 Å². The quantitative estimate of drug-likeness (QED) is 0.752. The first kappa shape index (κ1) is 11.3. The summed E-state index contributed by atoms with van der Waals surface area (Å²) in [5.41, 5.74) is 8.19. The van der Waals surface area contributed by atoms with E-state index in [0.717, 1.165) is 29.0 Å². The summed E-state index contributed by atoms with van der Waals surface area (Å²) in [6.45, 7) is 6.03. The molecule has 0 spiro atoms. The van der Waals surface area contributed by atoms with Crippen LogP contribution in [-0.4, -0.2) is 0 Å². The summed E-state index contributed by atoms with van der Waals surface area (Å²) in [6, 6.07) is 7.67. The van der Waals surface area contributed by atoms with Crippen LogP contribution in [0.4, 0.5) is 0 Å². The Morgan fingerprint density at radius 3 is 2.71 bits per heavy atom. The Hall–Kier alpha value is -0.790. The highest BCUT2D eigenvalue weighted by atomic mass is 35.5. The van der Waals surface area contributed by atoms with Crippen molar-refractivity contribution < 1.29 is 0 Å². The molecular formula is C12H16ClN. The molecule has 1 unspecified atom stereocenters. The van der Waals surface area contributed by atoms with Crippen molar-refractivity contribution in [1.29, 1.82) is 0 Å². The third kappa shape index (κ3) is 2.86. The summed E-state index contributed by atoms with van der Waals surface area (Å²) in [7, 11) is 0. The zero-order chi connectivity index (χ0) is 10.6. The zero-order valence-electron chi connectivity index (χ0n) is 8.46. The minimum absolute atomic E-state index is 0.0313. The summed E-state index contributed by atoms with van der Waals surface area (Å²) in [4.78, 5) is 0. The van der Waals surface area contributed by atoms with Gasteiger partial charge in [-0.2, -0.15) is 0 Å². The van der Waals surface area contributed by atoms with Crippen molar-refractivity contribution >= 4 is 11.6 Å². The van der Waals surface area contributed by atoms with Gasteiger partial charge in [0.05, 0.1) is 0 Å². The van der Waals surface area contributed by atoms with Crippen molar-refractivity contribution in [1.82, 2.24) is 0 Å². The predicted octanol–water partition coefficient (Wildman–Crippen LogP) is 3.70. The highest BCUT2D eigenvalue weighted by Crippen LogP contribution is 2.25. The van der Waals surface area contributed by atoms with Gasteiger partial charge in [0.2, 0.25) is 0 Å². The average molecular weight is 210 g/mol. The van der Waals surface area contributed by atoms with Gasteiger partial charge in [0, 0.05) is 11.1 Å². The van der Waals surface area contributed by atoms with Gasteiger partial charge in [-0.05, 0) is 24.5 Å². The molecule has 0 aliphatic heterocycles. The number of halogens is 1. The lowest BCUT2D eigenvalue weighted by atomic mass is 9.99. The smallest absolute Gasteiger partial charge is 0.0453 e. The van der Waals surface area contributed by atoms with Gasteiger partial charge in [-0.1, -0.05) is 48.9 Å². The van der Waals surface area contributed by atoms with E-state index in [9.17, 15) is 0 Å². The largest absolute Gasteiger partial charge is 0.324 e. The van der Waals surface area contributed by atoms with E-state index >= 15 is 0 Å². The lowest BCUT2D eigenvalue weighted by molar-refractivity contribution is 0.701. The van der Waals surface area contributed by atoms with Crippen molar-refractivity contribution in [3.8, 4) is 0 Å². The van der Waals surface area contributed by atoms with Crippen molar-refractivity contribution in [2.75, 3.05) is 0 Å². The van der Waals surface area contributed by atoms with Crippen LogP contribution < -0.4 is 5.73 Å². The molecule has 0 heterocycles. The van der Waals surface area contributed by atoms with E-state index in [4.69, 9.17) is 17.3 Å². The van der Waals surface area contributed by atoms with Crippen LogP contribution in [0.2, 0.25) is 5.02 Å². The molecule has 0 amide bonds. The van der Waals surface area contributed by atoms with E-state index in [2.05, 4.69) is 13.5 Å². The number of benzene rings is 1. The van der Waals surface area contributed by atoms with Gasteiger partial charge in [0.1, 0.15) is 0 Å². The number of rotatable bonds is 4. The maximum atomic E-state index is 6.04. The van der Waals surface area contributed by atoms with Gasteiger partial charge in [-0.3, -0.25) is 0 Å². The third-order valence-corrected chi connectivity index (χ3v) is 2.66. The zero-order valence-corrected chi connectivity index (χ0v) is 9.22. The predicted molar refractivity (Wildman–Crippen MR) is 62.4 cm³/mol. The molecule has 14 heavy (non-hydrogen) atoms. The molecular weight excluding hydrogens is 194 g/mol. The Kier molecular flexibility index (Phi) is 4.18. The van der Waals surface area contributed by atoms with Crippen LogP contribution in [0.5, 0.6) is 0 Å². The first-order chi connectivity index (χ1) is 6.65. The van der Waals surface area contributed by atoms with E-state index in [1.807, 2.05) is 24.3 Å². The summed E-state index contributed by atoms with van der Waals surface area (Å²) >= 11 is 6.04. The lowest BCUT2D eigenvalue weighted by Gasteiger charge is -2.14. The first-order valence-corrected chi connectivity index (χ1v) is 5.19. The second-order valence-corrected chi connectivity index (χ2v) is 3.84. The van der Waals surface area contributed by atoms with Crippen molar-refractivity contribution in [2.24, 2.45) is 5.73 Å². The minimum Gasteiger partial charge on any atom is -0.324 e. The summed E-state index contributed by atoms with van der Waals surface area (Å²) < 4.78 is 0. The normalized spacial score (nSPS) is 12.5. The first-order valence-electron chi connectivity index (χ1n) is 4.81. The topological polar surface area (TPSA) is 26.0 Å². The molecule has 0 saturated heterocycles. The van der Waals surface area contributed by atoms with Gasteiger partial charge in [-0.15, -0.1) is 0 Å². The molecule has 0 fully saturated rings. The summed E-state index contributed by atoms with van der Waals surface area (Å²) in [5, 5.41) is 0.740. The highest BCUT2D eigenvalue weighted by molar-refractivity contribution is 6.31. The van der Waals surface area contributed by atoms with Crippen LogP contribution in [0, 0.1) is 0 Å². The van der Waals surface area contributed by atoms with Crippen LogP contribution >= 0.6 is 11.6 Å². The minimum atomic E-state index is -0.0313. The van der Waals surface area contributed by atoms with Crippen LogP contribution in [0.25, 0.3) is 0 Å². The van der Waals surface area contributed by atoms with E-state index in [-0.39, 0.29) is 6.04 Å². The lowest BCUT2D eigenvalue weighted by Crippen LogP contribution is -2.11. The van der Waals surface area contributed by atoms with E-state index < -0.39 is 0 Å². The van der Waals surface area contributed by atoms with Gasteiger partial charge in [0.25, 0.3) is 0 Å². The van der Waals surface area contributed by atoms with Crippen molar-refractivity contribution in [2.45, 2.75) is 25.8 Å². The Morgan fingerprint density at radius 1 is 1.50 bits per heavy atom. The monoisotopic (exact) mass is 209 g/mol. The maximum Gasteiger partial charge on any atom is 0.0453 e. The molecule has 2 N–H and O–H groups in total. The van der Waals surface area contributed by atoms with Gasteiger partial charge in [0.15, 0.2) is 0 Å². The fraction of sp³-hybridized carbons (Fsp3) is 0.333. The Morgan fingerprint density at radius 2 is 2.14 bits per heavy atom. The molecule has 0 aliphatic rings. The van der Waals surface area contributed by atoms with Crippen molar-refractivity contribution in [3.63, 3.8) is 0 Å². The van der Waals surface area contributed by atoms with E-state index in [1.54, 1.807) is 0 Å². The summed E-state index contributed by atoms with van der Waals surface area (Å²) in [6.07, 6.45) is 1.78. The standard InChI is InChI=1S/C12H16ClN/c1-3-9(2)8-12(14)10-6-4-5-7-11(10)13/h4-7,12H,2-3,8,14H2,1H3. The number of hydrogen-bond acceptors (Lipinski definition) is 1. The molecule has 0 saturated carbocycles. The third-order valence-electron chi connectivity index (χ3n) is 2.31. The average Bonchev–Trinajstić information content (AvgIpc) is 2.18. The molecule has 1 rings (SSSR count). The Labute approximate surface area is 90.6 Å². The number of nitrogens with two attached hydrogens (primary N) is 1. The Balaban J connectivity index is 2.74. The molecule has 2 heteroatoms. The van der Waals surface area contributed by atoms with Crippen LogP contribution in [0.3, 0.4) is 0 Å². The molecule has 0 bridgehead atoms. The summed E-state index contributed by atoms with van der Waals surface area (Å²) in [5.74, 6) is 0. The Bertz CT molecular complexity index is 320. The molecule has 1 nitrogen and oxygen atoms in total. The fourth-order valence-corrected chi connectivity index (χ4v) is 1.62. The molecule has 76 valence electrons. The molecule has 0 aliphatic carbocycles. The van der Waals surface area contributed by atoms with Crippen molar-refractivity contribution in [3.05, 3.63) is 47.0 Å². The molecule has 1 atom stereocenters. The van der Waals surface area contributed by atoms with Crippen LogP contribution in [0.1, 0.15) is 31.4 Å². The van der Waals surface area contributed by atoms with E-state index in [0.29, 0.717) is 0 Å². The SMILES string of the molecule is C=C(CC)CC(N)c1ccccc1Cl. The molecule has 1 aromatic rings. The fourth-order valence-electron chi connectivity index (χ4n) is 1.34. The van der Waals surface area contributed by atoms with Crippen LogP contribution in [-0.2, 0) is 0 Å². The molecule has 0 aromatic heterocycles. The molecule has 0 radical (unpaired) electrons. The highest BCUT2D eigenvalue weighted by Gasteiger charge is 2.09. The maximum absolute atomic E-state index is 6.04. The second-order valence-electron chi connectivity index (χ2n) is 3.44. The van der Waals surface area contributed by atoms with E-state index in [1.165, 1.54) is 0 Å². The number of hydrogen-bond donors (Lipinski definition) is 1. The second kappa shape index (κ2) is 5.18. The molecule has 1 aromatic carbocycles. The van der Waals surface area contributed by atoms with Crippen LogP contribution in [0.15, 0.2) is 36.4 Å². The van der Waals surface area contributed by atoms with Gasteiger partial charge in [-0.25, -0.2) is 0 Å².